The van der Waals surface area contributed by atoms with Crippen molar-refractivity contribution in [2.45, 2.75) is 6.04 Å². The van der Waals surface area contributed by atoms with E-state index >= 15 is 0 Å². The summed E-state index contributed by atoms with van der Waals surface area (Å²) in [7, 11) is 0. The third-order valence-corrected chi connectivity index (χ3v) is 3.26. The van der Waals surface area contributed by atoms with Gasteiger partial charge in [0.15, 0.2) is 0 Å². The molecule has 2 rings (SSSR count). The molecule has 1 heterocycles. The molecule has 0 radical (unpaired) electrons. The lowest BCUT2D eigenvalue weighted by molar-refractivity contribution is 0.465. The van der Waals surface area contributed by atoms with Crippen molar-refractivity contribution < 1.29 is 5.11 Å². The van der Waals surface area contributed by atoms with Crippen LogP contribution in [0, 0.1) is 0 Å². The van der Waals surface area contributed by atoms with E-state index in [1.807, 2.05) is 16.8 Å². The number of para-hydroxylation sites is 1. The van der Waals surface area contributed by atoms with Crippen LogP contribution in [0.2, 0.25) is 5.02 Å². The molecule has 5 heteroatoms. The molecule has 1 aromatic heterocycles. The fourth-order valence-electron chi connectivity index (χ4n) is 1.41. The summed E-state index contributed by atoms with van der Waals surface area (Å²) >= 11 is 7.39. The smallest absolute Gasteiger partial charge is 0.139 e. The van der Waals surface area contributed by atoms with Crippen molar-refractivity contribution in [2.24, 2.45) is 5.73 Å². The van der Waals surface area contributed by atoms with Crippen molar-refractivity contribution in [1.82, 2.24) is 0 Å². The third kappa shape index (κ3) is 2.50. The minimum absolute atomic E-state index is 0. The Morgan fingerprint density at radius 2 is 2.06 bits per heavy atom. The van der Waals surface area contributed by atoms with E-state index in [0.29, 0.717) is 10.6 Å². The maximum Gasteiger partial charge on any atom is 0.139 e. The second-order valence-electron chi connectivity index (χ2n) is 3.21. The Kier molecular flexibility index (Phi) is 4.62. The van der Waals surface area contributed by atoms with E-state index < -0.39 is 0 Å². The molecule has 0 spiro atoms. The van der Waals surface area contributed by atoms with Gasteiger partial charge in [-0.2, -0.15) is 11.3 Å². The summed E-state index contributed by atoms with van der Waals surface area (Å²) in [6, 6.07) is 6.82. The number of thiophene rings is 1. The van der Waals surface area contributed by atoms with Gasteiger partial charge in [-0.25, -0.2) is 0 Å². The molecule has 0 aliphatic heterocycles. The highest BCUT2D eigenvalue weighted by Gasteiger charge is 2.14. The van der Waals surface area contributed by atoms with E-state index in [0.717, 1.165) is 5.56 Å². The Bertz CT molecular complexity index is 459. The minimum atomic E-state index is -0.324. The molecule has 86 valence electrons. The first-order chi connectivity index (χ1) is 7.20. The molecule has 0 saturated heterocycles. The quantitative estimate of drug-likeness (QED) is 0.880. The Hall–Kier alpha value is -0.740. The van der Waals surface area contributed by atoms with Crippen LogP contribution < -0.4 is 5.73 Å². The first-order valence-corrected chi connectivity index (χ1v) is 5.77. The van der Waals surface area contributed by atoms with Crippen LogP contribution in [0.1, 0.15) is 17.2 Å². The summed E-state index contributed by atoms with van der Waals surface area (Å²) in [5.41, 5.74) is 7.66. The third-order valence-electron chi connectivity index (χ3n) is 2.26. The molecule has 2 nitrogen and oxygen atoms in total. The van der Waals surface area contributed by atoms with Crippen molar-refractivity contribution >= 4 is 35.3 Å². The van der Waals surface area contributed by atoms with E-state index in [2.05, 4.69) is 0 Å². The molecule has 0 amide bonds. The zero-order valence-corrected chi connectivity index (χ0v) is 10.6. The molecular formula is C11H11Cl2NOS. The molecule has 16 heavy (non-hydrogen) atoms. The highest BCUT2D eigenvalue weighted by molar-refractivity contribution is 7.08. The molecule has 1 atom stereocenters. The van der Waals surface area contributed by atoms with Gasteiger partial charge in [-0.3, -0.25) is 0 Å². The number of nitrogens with two attached hydrogens (primary N) is 1. The van der Waals surface area contributed by atoms with E-state index in [9.17, 15) is 5.11 Å². The van der Waals surface area contributed by atoms with Gasteiger partial charge >= 0.3 is 0 Å². The van der Waals surface area contributed by atoms with Gasteiger partial charge in [-0.1, -0.05) is 23.7 Å². The van der Waals surface area contributed by atoms with Crippen LogP contribution in [0.3, 0.4) is 0 Å². The molecule has 3 N–H and O–H groups in total. The van der Waals surface area contributed by atoms with Gasteiger partial charge in [0, 0.05) is 5.56 Å². The molecule has 0 saturated carbocycles. The first kappa shape index (κ1) is 13.3. The first-order valence-electron chi connectivity index (χ1n) is 4.45. The zero-order chi connectivity index (χ0) is 10.8. The van der Waals surface area contributed by atoms with Crippen LogP contribution in [0.5, 0.6) is 5.75 Å². The molecule has 0 aliphatic carbocycles. The van der Waals surface area contributed by atoms with Crippen molar-refractivity contribution in [3.05, 3.63) is 51.2 Å². The monoisotopic (exact) mass is 275 g/mol. The largest absolute Gasteiger partial charge is 0.506 e. The van der Waals surface area contributed by atoms with Gasteiger partial charge in [-0.05, 0) is 28.5 Å². The van der Waals surface area contributed by atoms with Gasteiger partial charge in [-0.15, -0.1) is 12.4 Å². The van der Waals surface area contributed by atoms with Gasteiger partial charge < -0.3 is 10.8 Å². The summed E-state index contributed by atoms with van der Waals surface area (Å²) in [5.74, 6) is 0.0675. The van der Waals surface area contributed by atoms with Crippen LogP contribution in [-0.2, 0) is 0 Å². The topological polar surface area (TPSA) is 46.2 Å². The van der Waals surface area contributed by atoms with Crippen LogP contribution in [0.15, 0.2) is 35.0 Å². The number of phenolic OH excluding ortho intramolecular Hbond substituents is 1. The fourth-order valence-corrected chi connectivity index (χ4v) is 2.29. The second-order valence-corrected chi connectivity index (χ2v) is 4.40. The minimum Gasteiger partial charge on any atom is -0.506 e. The maximum atomic E-state index is 9.76. The molecule has 2 aromatic rings. The number of benzene rings is 1. The Labute approximate surface area is 109 Å². The lowest BCUT2D eigenvalue weighted by Crippen LogP contribution is -2.10. The highest BCUT2D eigenvalue weighted by Crippen LogP contribution is 2.33. The van der Waals surface area contributed by atoms with Crippen LogP contribution in [0.25, 0.3) is 0 Å². The Morgan fingerprint density at radius 3 is 2.69 bits per heavy atom. The summed E-state index contributed by atoms with van der Waals surface area (Å²) in [6.45, 7) is 0. The Balaban J connectivity index is 0.00000128. The van der Waals surface area contributed by atoms with Gasteiger partial charge in [0.25, 0.3) is 0 Å². The van der Waals surface area contributed by atoms with Gasteiger partial charge in [0.2, 0.25) is 0 Å². The number of hydrogen-bond acceptors (Lipinski definition) is 3. The molecule has 0 fully saturated rings. The second kappa shape index (κ2) is 5.55. The SMILES string of the molecule is Cl.N[C@@H](c1ccsc1)c1cccc(Cl)c1O. The average Bonchev–Trinajstić information content (AvgIpc) is 2.74. The van der Waals surface area contributed by atoms with Gasteiger partial charge in [0.1, 0.15) is 5.75 Å². The number of aromatic hydroxyl groups is 1. The zero-order valence-electron chi connectivity index (χ0n) is 8.26. The molecule has 0 aliphatic rings. The lowest BCUT2D eigenvalue weighted by Gasteiger charge is -2.12. The number of halogens is 2. The predicted octanol–water partition coefficient (Wildman–Crippen LogP) is 3.58. The summed E-state index contributed by atoms with van der Waals surface area (Å²) in [5, 5.41) is 14.0. The average molecular weight is 276 g/mol. The lowest BCUT2D eigenvalue weighted by atomic mass is 10.0. The van der Waals surface area contributed by atoms with Crippen LogP contribution in [0.4, 0.5) is 0 Å². The number of phenols is 1. The van der Waals surface area contributed by atoms with Crippen LogP contribution >= 0.6 is 35.3 Å². The normalized spacial score (nSPS) is 11.9. The molecule has 0 unspecified atom stereocenters. The van der Waals surface area contributed by atoms with E-state index in [-0.39, 0.29) is 24.2 Å². The summed E-state index contributed by atoms with van der Waals surface area (Å²) in [4.78, 5) is 0. The van der Waals surface area contributed by atoms with E-state index in [4.69, 9.17) is 17.3 Å². The molecule has 1 aromatic carbocycles. The summed E-state index contributed by atoms with van der Waals surface area (Å²) < 4.78 is 0. The number of rotatable bonds is 2. The fraction of sp³-hybridized carbons (Fsp3) is 0.0909. The summed E-state index contributed by atoms with van der Waals surface area (Å²) in [6.07, 6.45) is 0. The van der Waals surface area contributed by atoms with Gasteiger partial charge in [0.05, 0.1) is 11.1 Å². The maximum absolute atomic E-state index is 9.76. The van der Waals surface area contributed by atoms with Crippen molar-refractivity contribution in [2.75, 3.05) is 0 Å². The standard InChI is InChI=1S/C11H10ClNOS.ClH/c12-9-3-1-2-8(11(9)14)10(13)7-4-5-15-6-7;/h1-6,10,14H,13H2;1H/t10-;/m0./s1. The molecule has 0 bridgehead atoms. The highest BCUT2D eigenvalue weighted by atomic mass is 35.5. The van der Waals surface area contributed by atoms with E-state index in [1.165, 1.54) is 0 Å². The van der Waals surface area contributed by atoms with Crippen LogP contribution in [-0.4, -0.2) is 5.11 Å². The number of hydrogen-bond donors (Lipinski definition) is 2. The van der Waals surface area contributed by atoms with Crippen molar-refractivity contribution in [1.29, 1.82) is 0 Å². The van der Waals surface area contributed by atoms with E-state index in [1.54, 1.807) is 29.5 Å². The molecular weight excluding hydrogens is 265 g/mol. The Morgan fingerprint density at radius 1 is 1.31 bits per heavy atom. The predicted molar refractivity (Wildman–Crippen MR) is 70.7 cm³/mol. The van der Waals surface area contributed by atoms with Crippen molar-refractivity contribution in [3.8, 4) is 5.75 Å². The van der Waals surface area contributed by atoms with Crippen molar-refractivity contribution in [3.63, 3.8) is 0 Å².